The average Bonchev–Trinajstić information content (AvgIpc) is 2.96. The van der Waals surface area contributed by atoms with Crippen LogP contribution in [0.15, 0.2) is 119 Å². The molecule has 0 radical (unpaired) electrons. The summed E-state index contributed by atoms with van der Waals surface area (Å²) in [5, 5.41) is 5.50. The molecule has 0 saturated carbocycles. The van der Waals surface area contributed by atoms with E-state index in [1.165, 1.54) is 6.08 Å². The maximum atomic E-state index is 13.2. The third kappa shape index (κ3) is 7.87. The van der Waals surface area contributed by atoms with Crippen LogP contribution < -0.4 is 15.4 Å². The third-order valence-electron chi connectivity index (χ3n) is 5.66. The van der Waals surface area contributed by atoms with E-state index >= 15 is 0 Å². The molecule has 7 heteroatoms. The van der Waals surface area contributed by atoms with Gasteiger partial charge in [-0.05, 0) is 83.9 Å². The molecule has 0 aromatic heterocycles. The van der Waals surface area contributed by atoms with Crippen LogP contribution >= 0.6 is 15.9 Å². The highest BCUT2D eigenvalue weighted by Crippen LogP contribution is 2.17. The van der Waals surface area contributed by atoms with E-state index in [1.54, 1.807) is 92.1 Å². The number of methoxy groups -OCH3 is 1. The topological polar surface area (TPSA) is 84.5 Å². The highest BCUT2D eigenvalue weighted by molar-refractivity contribution is 9.10. The van der Waals surface area contributed by atoms with Crippen molar-refractivity contribution in [2.24, 2.45) is 0 Å². The first-order valence-electron chi connectivity index (χ1n) is 12.0. The Balaban J connectivity index is 1.49. The Hall–Kier alpha value is -4.75. The molecule has 0 heterocycles. The van der Waals surface area contributed by atoms with Crippen LogP contribution in [0, 0.1) is 0 Å². The van der Waals surface area contributed by atoms with Crippen LogP contribution in [0.2, 0.25) is 0 Å². The highest BCUT2D eigenvalue weighted by Gasteiger charge is 2.15. The number of ether oxygens (including phenoxy) is 1. The van der Waals surface area contributed by atoms with Gasteiger partial charge in [-0.1, -0.05) is 64.5 Å². The van der Waals surface area contributed by atoms with Gasteiger partial charge >= 0.3 is 0 Å². The maximum absolute atomic E-state index is 13.2. The van der Waals surface area contributed by atoms with Gasteiger partial charge in [-0.2, -0.15) is 0 Å². The van der Waals surface area contributed by atoms with Crippen LogP contribution in [-0.4, -0.2) is 24.7 Å². The molecule has 0 fully saturated rings. The Kier molecular flexibility index (Phi) is 9.21. The molecule has 6 nitrogen and oxygen atoms in total. The number of ketones is 1. The third-order valence-corrected chi connectivity index (χ3v) is 6.15. The van der Waals surface area contributed by atoms with E-state index in [2.05, 4.69) is 26.6 Å². The minimum atomic E-state index is -0.510. The maximum Gasteiger partial charge on any atom is 0.272 e. The van der Waals surface area contributed by atoms with Crippen molar-refractivity contribution >= 4 is 51.4 Å². The molecule has 194 valence electrons. The lowest BCUT2D eigenvalue weighted by molar-refractivity contribution is -0.113. The van der Waals surface area contributed by atoms with Gasteiger partial charge in [0.1, 0.15) is 11.4 Å². The minimum absolute atomic E-state index is 0.0612. The Labute approximate surface area is 235 Å². The first-order chi connectivity index (χ1) is 18.9. The molecular weight excluding hydrogens is 556 g/mol. The second-order valence-corrected chi connectivity index (χ2v) is 9.35. The van der Waals surface area contributed by atoms with E-state index in [-0.39, 0.29) is 11.5 Å². The molecule has 0 aliphatic heterocycles. The molecule has 0 aliphatic rings. The summed E-state index contributed by atoms with van der Waals surface area (Å²) in [6.45, 7) is 0. The zero-order valence-corrected chi connectivity index (χ0v) is 22.6. The van der Waals surface area contributed by atoms with Gasteiger partial charge < -0.3 is 15.4 Å². The van der Waals surface area contributed by atoms with Crippen molar-refractivity contribution in [3.8, 4) is 5.75 Å². The molecule has 39 heavy (non-hydrogen) atoms. The summed E-state index contributed by atoms with van der Waals surface area (Å²) in [5.74, 6) is -0.414. The van der Waals surface area contributed by atoms with E-state index in [1.807, 2.05) is 30.3 Å². The largest absolute Gasteiger partial charge is 0.497 e. The van der Waals surface area contributed by atoms with Gasteiger partial charge in [0.05, 0.1) is 7.11 Å². The number of hydrogen-bond acceptors (Lipinski definition) is 4. The van der Waals surface area contributed by atoms with Gasteiger partial charge in [-0.25, -0.2) is 0 Å². The van der Waals surface area contributed by atoms with Gasteiger partial charge in [-0.15, -0.1) is 0 Å². The number of nitrogens with one attached hydrogen (secondary N) is 2. The van der Waals surface area contributed by atoms with Crippen LogP contribution in [0.4, 0.5) is 5.69 Å². The monoisotopic (exact) mass is 580 g/mol. The van der Waals surface area contributed by atoms with Crippen molar-refractivity contribution in [1.29, 1.82) is 0 Å². The van der Waals surface area contributed by atoms with Crippen LogP contribution in [0.25, 0.3) is 12.2 Å². The van der Waals surface area contributed by atoms with Crippen molar-refractivity contribution in [3.05, 3.63) is 142 Å². The normalized spacial score (nSPS) is 11.2. The molecular formula is C32H25BrN2O4. The molecule has 0 aliphatic carbocycles. The fourth-order valence-corrected chi connectivity index (χ4v) is 4.02. The molecule has 0 bridgehead atoms. The molecule has 4 rings (SSSR count). The van der Waals surface area contributed by atoms with Crippen LogP contribution in [-0.2, 0) is 4.79 Å². The number of hydrogen-bond donors (Lipinski definition) is 2. The van der Waals surface area contributed by atoms with Gasteiger partial charge in [0, 0.05) is 21.3 Å². The van der Waals surface area contributed by atoms with E-state index in [9.17, 15) is 14.4 Å². The predicted octanol–water partition coefficient (Wildman–Crippen LogP) is 6.76. The number of amides is 2. The quantitative estimate of drug-likeness (QED) is 0.169. The van der Waals surface area contributed by atoms with E-state index in [0.29, 0.717) is 28.1 Å². The average molecular weight is 581 g/mol. The van der Waals surface area contributed by atoms with Crippen LogP contribution in [0.1, 0.15) is 31.8 Å². The molecule has 4 aromatic carbocycles. The number of halogens is 1. The number of anilines is 1. The molecule has 0 spiro atoms. The standard InChI is InChI=1S/C32H25BrN2O4/c1-39-28-17-10-23(11-18-28)21-29(35-31(37)25-7-3-2-4-8-25)32(38)34-27-15-13-24(14-16-27)30(36)19-12-22-6-5-9-26(33)20-22/h2-21H,1H3,(H,34,38)(H,35,37)/b19-12+,29-21-. The number of carbonyl (C=O) groups is 3. The molecule has 0 atom stereocenters. The first kappa shape index (κ1) is 27.3. The van der Waals surface area contributed by atoms with Crippen molar-refractivity contribution in [2.45, 2.75) is 0 Å². The summed E-state index contributed by atoms with van der Waals surface area (Å²) in [4.78, 5) is 38.6. The SMILES string of the molecule is COc1ccc(/C=C(\NC(=O)c2ccccc2)C(=O)Nc2ccc(C(=O)/C=C/c3cccc(Br)c3)cc2)cc1. The fourth-order valence-electron chi connectivity index (χ4n) is 3.60. The zero-order chi connectivity index (χ0) is 27.6. The van der Waals surface area contributed by atoms with E-state index in [4.69, 9.17) is 4.74 Å². The molecule has 4 aromatic rings. The summed E-state index contributed by atoms with van der Waals surface area (Å²) in [7, 11) is 1.57. The fraction of sp³-hybridized carbons (Fsp3) is 0.0312. The number of allylic oxidation sites excluding steroid dienone is 1. The Morgan fingerprint density at radius 2 is 1.49 bits per heavy atom. The van der Waals surface area contributed by atoms with Gasteiger partial charge in [0.15, 0.2) is 5.78 Å². The van der Waals surface area contributed by atoms with Gasteiger partial charge in [0.2, 0.25) is 0 Å². The Morgan fingerprint density at radius 3 is 2.15 bits per heavy atom. The Morgan fingerprint density at radius 1 is 0.769 bits per heavy atom. The number of rotatable bonds is 9. The summed E-state index contributed by atoms with van der Waals surface area (Å²) in [6.07, 6.45) is 4.83. The van der Waals surface area contributed by atoms with Gasteiger partial charge in [-0.3, -0.25) is 14.4 Å². The van der Waals surface area contributed by atoms with Crippen LogP contribution in [0.5, 0.6) is 5.75 Å². The van der Waals surface area contributed by atoms with Gasteiger partial charge in [0.25, 0.3) is 11.8 Å². The first-order valence-corrected chi connectivity index (χ1v) is 12.8. The van der Waals surface area contributed by atoms with Crippen molar-refractivity contribution < 1.29 is 19.1 Å². The van der Waals surface area contributed by atoms with Crippen molar-refractivity contribution in [2.75, 3.05) is 12.4 Å². The summed E-state index contributed by atoms with van der Waals surface area (Å²) >= 11 is 3.42. The minimum Gasteiger partial charge on any atom is -0.497 e. The highest BCUT2D eigenvalue weighted by atomic mass is 79.9. The lowest BCUT2D eigenvalue weighted by atomic mass is 10.1. The van der Waals surface area contributed by atoms with E-state index in [0.717, 1.165) is 10.0 Å². The molecule has 0 unspecified atom stereocenters. The second kappa shape index (κ2) is 13.2. The van der Waals surface area contributed by atoms with Crippen molar-refractivity contribution in [1.82, 2.24) is 5.32 Å². The van der Waals surface area contributed by atoms with Crippen molar-refractivity contribution in [3.63, 3.8) is 0 Å². The molecule has 0 saturated heterocycles. The van der Waals surface area contributed by atoms with Crippen LogP contribution in [0.3, 0.4) is 0 Å². The lowest BCUT2D eigenvalue weighted by Crippen LogP contribution is -2.30. The molecule has 2 amide bonds. The lowest BCUT2D eigenvalue weighted by Gasteiger charge is -2.12. The van der Waals surface area contributed by atoms with E-state index < -0.39 is 11.8 Å². The smallest absolute Gasteiger partial charge is 0.272 e. The predicted molar refractivity (Wildman–Crippen MR) is 157 cm³/mol. The summed E-state index contributed by atoms with van der Waals surface area (Å²) in [5.41, 5.74) is 3.03. The number of benzene rings is 4. The zero-order valence-electron chi connectivity index (χ0n) is 21.1. The summed E-state index contributed by atoms with van der Waals surface area (Å²) in [6, 6.07) is 29.9. The Bertz CT molecular complexity index is 1530. The second-order valence-electron chi connectivity index (χ2n) is 8.44. The molecule has 2 N–H and O–H groups in total. The summed E-state index contributed by atoms with van der Waals surface area (Å²) < 4.78 is 6.12. The number of carbonyl (C=O) groups excluding carboxylic acids is 3.